The Balaban J connectivity index is 1.80. The lowest BCUT2D eigenvalue weighted by atomic mass is 10.0. The standard InChI is InChI=1S/C34H34Cl2IN3O4S/c1-2-3-20-38-34(42)32(21-25-10-6-4-7-11-25)39(23-26-14-15-27(35)22-31(26)36)33(41)24-40(29-18-16-28(37)17-19-29)45(43,44)30-12-8-5-9-13-30/h4-19,22,32H,2-3,20-21,23-24H2,1H3,(H,38,42)/t32-/m1/s1. The largest absolute Gasteiger partial charge is 0.354 e. The van der Waals surface area contributed by atoms with Gasteiger partial charge < -0.3 is 10.2 Å². The summed E-state index contributed by atoms with van der Waals surface area (Å²) in [5.41, 5.74) is 1.74. The molecule has 4 rings (SSSR count). The number of unbranched alkanes of at least 4 members (excludes halogenated alkanes) is 1. The van der Waals surface area contributed by atoms with E-state index >= 15 is 0 Å². The summed E-state index contributed by atoms with van der Waals surface area (Å²) < 4.78 is 30.1. The summed E-state index contributed by atoms with van der Waals surface area (Å²) in [6.07, 6.45) is 1.87. The molecule has 4 aromatic rings. The molecule has 4 aromatic carbocycles. The van der Waals surface area contributed by atoms with Gasteiger partial charge in [-0.05, 0) is 88.7 Å². The number of anilines is 1. The highest BCUT2D eigenvalue weighted by Gasteiger charge is 2.34. The summed E-state index contributed by atoms with van der Waals surface area (Å²) in [6, 6.07) is 28.2. The Labute approximate surface area is 288 Å². The van der Waals surface area contributed by atoms with Crippen LogP contribution >= 0.6 is 45.8 Å². The molecule has 0 saturated carbocycles. The maximum absolute atomic E-state index is 14.5. The molecule has 0 aliphatic heterocycles. The Morgan fingerprint density at radius 2 is 1.53 bits per heavy atom. The molecule has 11 heteroatoms. The number of carbonyl (C=O) groups is 2. The Morgan fingerprint density at radius 3 is 2.16 bits per heavy atom. The first-order valence-electron chi connectivity index (χ1n) is 14.5. The SMILES string of the molecule is CCCCNC(=O)[C@@H](Cc1ccccc1)N(Cc1ccc(Cl)cc1Cl)C(=O)CN(c1ccc(I)cc1)S(=O)(=O)c1ccccc1. The van der Waals surface area contributed by atoms with Gasteiger partial charge >= 0.3 is 0 Å². The lowest BCUT2D eigenvalue weighted by Gasteiger charge is -2.34. The quantitative estimate of drug-likeness (QED) is 0.107. The molecule has 7 nitrogen and oxygen atoms in total. The van der Waals surface area contributed by atoms with E-state index in [2.05, 4.69) is 27.9 Å². The van der Waals surface area contributed by atoms with Gasteiger partial charge in [0.1, 0.15) is 12.6 Å². The van der Waals surface area contributed by atoms with Crippen molar-refractivity contribution in [1.82, 2.24) is 10.2 Å². The topological polar surface area (TPSA) is 86.8 Å². The lowest BCUT2D eigenvalue weighted by Crippen LogP contribution is -2.53. The third kappa shape index (κ3) is 9.45. The van der Waals surface area contributed by atoms with Crippen molar-refractivity contribution in [2.75, 3.05) is 17.4 Å². The Kier molecular flexibility index (Phi) is 12.7. The molecule has 0 aliphatic rings. The van der Waals surface area contributed by atoms with Crippen molar-refractivity contribution in [3.63, 3.8) is 0 Å². The summed E-state index contributed by atoms with van der Waals surface area (Å²) in [4.78, 5) is 29.8. The number of hydrogen-bond donors (Lipinski definition) is 1. The van der Waals surface area contributed by atoms with Gasteiger partial charge in [-0.2, -0.15) is 0 Å². The number of carbonyl (C=O) groups excluding carboxylic acids is 2. The molecule has 0 bridgehead atoms. The van der Waals surface area contributed by atoms with E-state index in [0.29, 0.717) is 27.8 Å². The van der Waals surface area contributed by atoms with E-state index in [1.165, 1.54) is 17.0 Å². The van der Waals surface area contributed by atoms with Crippen molar-refractivity contribution in [3.05, 3.63) is 128 Å². The maximum Gasteiger partial charge on any atom is 0.264 e. The summed E-state index contributed by atoms with van der Waals surface area (Å²) >= 11 is 14.9. The van der Waals surface area contributed by atoms with Crippen LogP contribution in [0.5, 0.6) is 0 Å². The molecule has 0 aliphatic carbocycles. The molecule has 0 fully saturated rings. The van der Waals surface area contributed by atoms with E-state index in [4.69, 9.17) is 23.2 Å². The van der Waals surface area contributed by atoms with Crippen LogP contribution in [0.2, 0.25) is 10.0 Å². The van der Waals surface area contributed by atoms with Crippen molar-refractivity contribution >= 4 is 73.3 Å². The number of nitrogens with one attached hydrogen (secondary N) is 1. The fourth-order valence-corrected chi connectivity index (χ4v) is 7.01. The van der Waals surface area contributed by atoms with Crippen LogP contribution < -0.4 is 9.62 Å². The molecule has 0 radical (unpaired) electrons. The van der Waals surface area contributed by atoms with Crippen LogP contribution in [0, 0.1) is 3.57 Å². The van der Waals surface area contributed by atoms with Crippen LogP contribution in [0.25, 0.3) is 0 Å². The Morgan fingerprint density at radius 1 is 0.889 bits per heavy atom. The molecule has 0 unspecified atom stereocenters. The van der Waals surface area contributed by atoms with Crippen molar-refractivity contribution in [1.29, 1.82) is 0 Å². The fourth-order valence-electron chi connectivity index (χ4n) is 4.75. The van der Waals surface area contributed by atoms with Crippen molar-refractivity contribution in [2.45, 2.75) is 43.7 Å². The monoisotopic (exact) mass is 777 g/mol. The van der Waals surface area contributed by atoms with Crippen LogP contribution in [0.15, 0.2) is 108 Å². The predicted octanol–water partition coefficient (Wildman–Crippen LogP) is 7.35. The number of halogens is 3. The highest BCUT2D eigenvalue weighted by molar-refractivity contribution is 14.1. The molecule has 2 amide bonds. The molecule has 0 saturated heterocycles. The van der Waals surface area contributed by atoms with Gasteiger partial charge in [-0.25, -0.2) is 8.42 Å². The Hall–Kier alpha value is -3.12. The number of hydrogen-bond acceptors (Lipinski definition) is 4. The van der Waals surface area contributed by atoms with Crippen LogP contribution in [0.1, 0.15) is 30.9 Å². The molecule has 0 heterocycles. The highest BCUT2D eigenvalue weighted by Crippen LogP contribution is 2.27. The number of amides is 2. The van der Waals surface area contributed by atoms with Gasteiger partial charge in [-0.1, -0.05) is 91.1 Å². The molecule has 1 atom stereocenters. The zero-order valence-corrected chi connectivity index (χ0v) is 29.2. The molecular formula is C34H34Cl2IN3O4S. The van der Waals surface area contributed by atoms with Gasteiger partial charge in [-0.15, -0.1) is 0 Å². The van der Waals surface area contributed by atoms with Gasteiger partial charge in [0.05, 0.1) is 10.6 Å². The predicted molar refractivity (Wildman–Crippen MR) is 189 cm³/mol. The fraction of sp³-hybridized carbons (Fsp3) is 0.235. The number of nitrogens with zero attached hydrogens (tertiary/aromatic N) is 2. The van der Waals surface area contributed by atoms with Gasteiger partial charge in [-0.3, -0.25) is 13.9 Å². The second-order valence-corrected chi connectivity index (χ2v) is 14.4. The third-order valence-electron chi connectivity index (χ3n) is 7.18. The summed E-state index contributed by atoms with van der Waals surface area (Å²) in [7, 11) is -4.17. The van der Waals surface area contributed by atoms with E-state index < -0.39 is 28.5 Å². The second kappa shape index (κ2) is 16.4. The zero-order valence-electron chi connectivity index (χ0n) is 24.7. The maximum atomic E-state index is 14.5. The summed E-state index contributed by atoms with van der Waals surface area (Å²) in [5.74, 6) is -0.900. The molecule has 236 valence electrons. The van der Waals surface area contributed by atoms with Gasteiger partial charge in [0.15, 0.2) is 0 Å². The molecule has 1 N–H and O–H groups in total. The minimum absolute atomic E-state index is 0.0422. The second-order valence-electron chi connectivity index (χ2n) is 10.4. The van der Waals surface area contributed by atoms with E-state index in [1.54, 1.807) is 60.7 Å². The number of sulfonamides is 1. The van der Waals surface area contributed by atoms with Crippen LogP contribution in [-0.4, -0.2) is 44.3 Å². The summed E-state index contributed by atoms with van der Waals surface area (Å²) in [6.45, 7) is 1.88. The van der Waals surface area contributed by atoms with Crippen LogP contribution in [0.4, 0.5) is 5.69 Å². The number of rotatable bonds is 14. The normalized spacial score (nSPS) is 11.9. The Bertz CT molecular complexity index is 1690. The molecule has 0 spiro atoms. The van der Waals surface area contributed by atoms with Crippen molar-refractivity contribution < 1.29 is 18.0 Å². The van der Waals surface area contributed by atoms with Gasteiger partial charge in [0.2, 0.25) is 11.8 Å². The number of benzene rings is 4. The minimum Gasteiger partial charge on any atom is -0.354 e. The molecule has 45 heavy (non-hydrogen) atoms. The van der Waals surface area contributed by atoms with Gasteiger partial charge in [0.25, 0.3) is 10.0 Å². The van der Waals surface area contributed by atoms with Crippen LogP contribution in [0.3, 0.4) is 0 Å². The zero-order chi connectivity index (χ0) is 32.4. The summed E-state index contributed by atoms with van der Waals surface area (Å²) in [5, 5.41) is 3.74. The highest BCUT2D eigenvalue weighted by atomic mass is 127. The van der Waals surface area contributed by atoms with Crippen molar-refractivity contribution in [3.8, 4) is 0 Å². The first kappa shape index (κ1) is 34.7. The minimum atomic E-state index is -4.17. The lowest BCUT2D eigenvalue weighted by molar-refractivity contribution is -0.140. The van der Waals surface area contributed by atoms with Gasteiger partial charge in [0, 0.05) is 33.1 Å². The van der Waals surface area contributed by atoms with E-state index in [9.17, 15) is 18.0 Å². The van der Waals surface area contributed by atoms with E-state index in [0.717, 1.165) is 26.3 Å². The first-order valence-corrected chi connectivity index (χ1v) is 17.8. The molecular weight excluding hydrogens is 744 g/mol. The first-order chi connectivity index (χ1) is 21.6. The molecule has 0 aromatic heterocycles. The third-order valence-corrected chi connectivity index (χ3v) is 10.3. The average molecular weight is 779 g/mol. The average Bonchev–Trinajstić information content (AvgIpc) is 3.03. The van der Waals surface area contributed by atoms with E-state index in [1.807, 2.05) is 37.3 Å². The van der Waals surface area contributed by atoms with E-state index in [-0.39, 0.29) is 23.8 Å². The smallest absolute Gasteiger partial charge is 0.264 e. The van der Waals surface area contributed by atoms with Crippen LogP contribution in [-0.2, 0) is 32.6 Å². The van der Waals surface area contributed by atoms with Crippen molar-refractivity contribution in [2.24, 2.45) is 0 Å².